The zero-order valence-corrected chi connectivity index (χ0v) is 20.4. The molecule has 0 radical (unpaired) electrons. The Bertz CT molecular complexity index is 1240. The van der Waals surface area contributed by atoms with Gasteiger partial charge in [-0.3, -0.25) is 4.79 Å². The minimum atomic E-state index is -0.246. The molecule has 9 heteroatoms. The van der Waals surface area contributed by atoms with Crippen molar-refractivity contribution in [3.05, 3.63) is 75.4 Å². The van der Waals surface area contributed by atoms with Crippen molar-refractivity contribution in [1.82, 2.24) is 20.4 Å². The molecule has 0 aliphatic rings. The molecule has 0 bridgehead atoms. The van der Waals surface area contributed by atoms with Crippen molar-refractivity contribution in [2.45, 2.75) is 23.1 Å². The number of aryl methyl sites for hydroxylation is 1. The van der Waals surface area contributed by atoms with E-state index in [2.05, 4.69) is 15.5 Å². The molecule has 0 fully saturated rings. The monoisotopic (exact) mass is 486 g/mol. The Labute approximate surface area is 200 Å². The van der Waals surface area contributed by atoms with Gasteiger partial charge in [0.05, 0.1) is 6.04 Å². The Morgan fingerprint density at radius 1 is 1.19 bits per heavy atom. The Hall–Kier alpha value is -2.39. The average Bonchev–Trinajstić information content (AvgIpc) is 3.36. The molecular weight excluding hydrogens is 464 g/mol. The molecule has 0 saturated carbocycles. The van der Waals surface area contributed by atoms with Crippen LogP contribution >= 0.6 is 34.7 Å². The van der Waals surface area contributed by atoms with Crippen molar-refractivity contribution in [3.8, 4) is 0 Å². The number of fused-ring (bicyclic) bond motifs is 1. The number of hydrogen-bond acceptors (Lipinski definition) is 7. The predicted molar refractivity (Wildman–Crippen MR) is 131 cm³/mol. The van der Waals surface area contributed by atoms with E-state index in [1.54, 1.807) is 11.8 Å². The van der Waals surface area contributed by atoms with Crippen LogP contribution in [0, 0.1) is 6.92 Å². The van der Waals surface area contributed by atoms with E-state index in [4.69, 9.17) is 16.0 Å². The van der Waals surface area contributed by atoms with Crippen LogP contribution in [-0.2, 0) is 5.75 Å². The van der Waals surface area contributed by atoms with Gasteiger partial charge in [0.1, 0.15) is 10.6 Å². The number of benzene rings is 2. The van der Waals surface area contributed by atoms with E-state index in [-0.39, 0.29) is 11.9 Å². The van der Waals surface area contributed by atoms with Crippen molar-refractivity contribution in [2.24, 2.45) is 0 Å². The lowest BCUT2D eigenvalue weighted by atomic mass is 10.1. The lowest BCUT2D eigenvalue weighted by Gasteiger charge is -2.25. The quantitative estimate of drug-likeness (QED) is 0.328. The predicted octanol–water partition coefficient (Wildman–Crippen LogP) is 5.57. The number of thioether (sulfide) groups is 1. The standard InChI is InChI=1S/C23H23ClN4O2S2/c1-14-26-27-23(32-14)31-13-17-15-8-5-7-11-20(15)30-21(17)22(29)25-12-19(28(2)3)16-9-4-6-10-18(16)24/h4-11,19H,12-13H2,1-3H3,(H,25,29). The van der Waals surface area contributed by atoms with Crippen molar-refractivity contribution >= 4 is 51.6 Å². The van der Waals surface area contributed by atoms with Gasteiger partial charge in [0.2, 0.25) is 0 Å². The highest BCUT2D eigenvalue weighted by Gasteiger charge is 2.23. The van der Waals surface area contributed by atoms with Gasteiger partial charge in [-0.05, 0) is 38.7 Å². The van der Waals surface area contributed by atoms with E-state index in [0.717, 1.165) is 25.9 Å². The number of furan rings is 1. The zero-order chi connectivity index (χ0) is 22.7. The minimum absolute atomic E-state index is 0.0702. The summed E-state index contributed by atoms with van der Waals surface area (Å²) in [5, 5.41) is 13.8. The zero-order valence-electron chi connectivity index (χ0n) is 18.0. The molecule has 6 nitrogen and oxygen atoms in total. The highest BCUT2D eigenvalue weighted by atomic mass is 35.5. The maximum atomic E-state index is 13.2. The third-order valence-electron chi connectivity index (χ3n) is 5.10. The van der Waals surface area contributed by atoms with Gasteiger partial charge < -0.3 is 14.6 Å². The molecule has 166 valence electrons. The number of para-hydroxylation sites is 1. The number of likely N-dealkylation sites (N-methyl/N-ethyl adjacent to an activating group) is 1. The van der Waals surface area contributed by atoms with Crippen LogP contribution in [0.15, 0.2) is 57.3 Å². The average molecular weight is 487 g/mol. The summed E-state index contributed by atoms with van der Waals surface area (Å²) < 4.78 is 6.85. The fraction of sp³-hybridized carbons (Fsp3) is 0.261. The topological polar surface area (TPSA) is 71.3 Å². The van der Waals surface area contributed by atoms with E-state index in [0.29, 0.717) is 28.7 Å². The van der Waals surface area contributed by atoms with E-state index < -0.39 is 0 Å². The molecule has 1 atom stereocenters. The number of amides is 1. The van der Waals surface area contributed by atoms with E-state index >= 15 is 0 Å². The Kier molecular flexibility index (Phi) is 7.15. The van der Waals surface area contributed by atoms with Crippen LogP contribution in [0.2, 0.25) is 5.02 Å². The molecule has 2 heterocycles. The van der Waals surface area contributed by atoms with Crippen molar-refractivity contribution < 1.29 is 9.21 Å². The maximum Gasteiger partial charge on any atom is 0.287 e. The van der Waals surface area contributed by atoms with Crippen LogP contribution in [0.4, 0.5) is 0 Å². The third kappa shape index (κ3) is 4.99. The molecule has 0 saturated heterocycles. The molecular formula is C23H23ClN4O2S2. The van der Waals surface area contributed by atoms with Gasteiger partial charge in [0.25, 0.3) is 5.91 Å². The largest absolute Gasteiger partial charge is 0.451 e. The van der Waals surface area contributed by atoms with Crippen LogP contribution in [0.1, 0.15) is 32.7 Å². The number of aromatic nitrogens is 2. The van der Waals surface area contributed by atoms with Gasteiger partial charge in [-0.15, -0.1) is 10.2 Å². The molecule has 1 N–H and O–H groups in total. The van der Waals surface area contributed by atoms with E-state index in [1.165, 1.54) is 11.3 Å². The first-order valence-corrected chi connectivity index (χ1v) is 12.2. The molecule has 0 spiro atoms. The normalized spacial score (nSPS) is 12.4. The second kappa shape index (κ2) is 10.0. The summed E-state index contributed by atoms with van der Waals surface area (Å²) in [6, 6.07) is 15.3. The number of hydrogen-bond donors (Lipinski definition) is 1. The fourth-order valence-corrected chi connectivity index (χ4v) is 5.59. The molecule has 0 aliphatic heterocycles. The van der Waals surface area contributed by atoms with Gasteiger partial charge in [0.15, 0.2) is 10.1 Å². The Balaban J connectivity index is 1.56. The molecule has 2 aromatic heterocycles. The highest BCUT2D eigenvalue weighted by Crippen LogP contribution is 2.33. The first kappa shape index (κ1) is 22.8. The van der Waals surface area contributed by atoms with Crippen molar-refractivity contribution in [1.29, 1.82) is 0 Å². The maximum absolute atomic E-state index is 13.2. The summed E-state index contributed by atoms with van der Waals surface area (Å²) in [6.07, 6.45) is 0. The number of rotatable bonds is 8. The molecule has 1 unspecified atom stereocenters. The number of carbonyl (C=O) groups is 1. The lowest BCUT2D eigenvalue weighted by molar-refractivity contribution is 0.0915. The van der Waals surface area contributed by atoms with E-state index in [1.807, 2.05) is 74.4 Å². The van der Waals surface area contributed by atoms with E-state index in [9.17, 15) is 4.79 Å². The smallest absolute Gasteiger partial charge is 0.287 e. The Morgan fingerprint density at radius 3 is 2.66 bits per heavy atom. The Morgan fingerprint density at radius 2 is 1.94 bits per heavy atom. The van der Waals surface area contributed by atoms with Crippen molar-refractivity contribution in [3.63, 3.8) is 0 Å². The minimum Gasteiger partial charge on any atom is -0.451 e. The molecule has 1 amide bonds. The van der Waals surface area contributed by atoms with Crippen LogP contribution < -0.4 is 5.32 Å². The number of nitrogens with zero attached hydrogens (tertiary/aromatic N) is 3. The molecule has 0 aliphatic carbocycles. The first-order valence-electron chi connectivity index (χ1n) is 10.1. The lowest BCUT2D eigenvalue weighted by Crippen LogP contribution is -2.34. The second-order valence-corrected chi connectivity index (χ2v) is 10.3. The molecule has 4 rings (SSSR count). The number of halogens is 1. The summed E-state index contributed by atoms with van der Waals surface area (Å²) in [4.78, 5) is 15.2. The first-order chi connectivity index (χ1) is 15.4. The van der Waals surface area contributed by atoms with Gasteiger partial charge in [-0.25, -0.2) is 0 Å². The van der Waals surface area contributed by atoms with Gasteiger partial charge in [-0.2, -0.15) is 0 Å². The fourth-order valence-electron chi connectivity index (χ4n) is 3.48. The third-order valence-corrected chi connectivity index (χ3v) is 7.44. The molecule has 4 aromatic rings. The van der Waals surface area contributed by atoms with Crippen LogP contribution in [0.25, 0.3) is 11.0 Å². The summed E-state index contributed by atoms with van der Waals surface area (Å²) in [6.45, 7) is 2.32. The summed E-state index contributed by atoms with van der Waals surface area (Å²) in [5.41, 5.74) is 2.51. The second-order valence-electron chi connectivity index (χ2n) is 7.49. The molecule has 32 heavy (non-hydrogen) atoms. The van der Waals surface area contributed by atoms with Crippen LogP contribution in [-0.4, -0.2) is 41.6 Å². The highest BCUT2D eigenvalue weighted by molar-refractivity contribution is 8.00. The summed E-state index contributed by atoms with van der Waals surface area (Å²) in [7, 11) is 3.93. The molecule has 2 aromatic carbocycles. The van der Waals surface area contributed by atoms with Crippen molar-refractivity contribution in [2.75, 3.05) is 20.6 Å². The van der Waals surface area contributed by atoms with Crippen LogP contribution in [0.5, 0.6) is 0 Å². The number of nitrogens with one attached hydrogen (secondary N) is 1. The number of carbonyl (C=O) groups excluding carboxylic acids is 1. The van der Waals surface area contributed by atoms with Crippen LogP contribution in [0.3, 0.4) is 0 Å². The van der Waals surface area contributed by atoms with Gasteiger partial charge in [-0.1, -0.05) is 71.1 Å². The van der Waals surface area contributed by atoms with Gasteiger partial charge in [0, 0.05) is 28.3 Å². The van der Waals surface area contributed by atoms with Gasteiger partial charge >= 0.3 is 0 Å². The summed E-state index contributed by atoms with van der Waals surface area (Å²) >= 11 is 9.49. The SMILES string of the molecule is Cc1nnc(SCc2c(C(=O)NCC(c3ccccc3Cl)N(C)C)oc3ccccc23)s1. The summed E-state index contributed by atoms with van der Waals surface area (Å²) in [5.74, 6) is 0.650.